The van der Waals surface area contributed by atoms with E-state index in [1.165, 1.54) is 25.3 Å². The first-order chi connectivity index (χ1) is 7.58. The van der Waals surface area contributed by atoms with E-state index >= 15 is 0 Å². The van der Waals surface area contributed by atoms with Crippen molar-refractivity contribution in [3.8, 4) is 0 Å². The standard InChI is InChI=1S/C10H9BrClNO3/c1-16-10(15)6-2-3-7(12)8(4-6)13-9(14)5-11/h2-4H,5H2,1H3,(H,13,14). The van der Waals surface area contributed by atoms with Gasteiger partial charge in [0, 0.05) is 0 Å². The summed E-state index contributed by atoms with van der Waals surface area (Å²) < 4.78 is 4.56. The summed E-state index contributed by atoms with van der Waals surface area (Å²) in [5.74, 6) is -0.727. The van der Waals surface area contributed by atoms with E-state index < -0.39 is 5.97 Å². The number of hydrogen-bond acceptors (Lipinski definition) is 3. The van der Waals surface area contributed by atoms with Crippen LogP contribution in [0, 0.1) is 0 Å². The van der Waals surface area contributed by atoms with Crippen LogP contribution in [0.25, 0.3) is 0 Å². The third-order valence-corrected chi connectivity index (χ3v) is 2.62. The van der Waals surface area contributed by atoms with Crippen LogP contribution in [0.4, 0.5) is 5.69 Å². The Morgan fingerprint density at radius 1 is 1.50 bits per heavy atom. The number of rotatable bonds is 3. The van der Waals surface area contributed by atoms with E-state index in [1.807, 2.05) is 0 Å². The Bertz CT molecular complexity index is 423. The molecule has 0 aliphatic heterocycles. The van der Waals surface area contributed by atoms with E-state index in [0.717, 1.165) is 0 Å². The highest BCUT2D eigenvalue weighted by Gasteiger charge is 2.10. The molecule has 1 N–H and O–H groups in total. The van der Waals surface area contributed by atoms with Crippen LogP contribution in [0.1, 0.15) is 10.4 Å². The van der Waals surface area contributed by atoms with Gasteiger partial charge >= 0.3 is 5.97 Å². The van der Waals surface area contributed by atoms with Crippen LogP contribution in [0.5, 0.6) is 0 Å². The van der Waals surface area contributed by atoms with Gasteiger partial charge in [-0.15, -0.1) is 0 Å². The molecule has 0 radical (unpaired) electrons. The monoisotopic (exact) mass is 305 g/mol. The molecule has 0 bridgehead atoms. The van der Waals surface area contributed by atoms with Gasteiger partial charge in [0.25, 0.3) is 0 Å². The Morgan fingerprint density at radius 3 is 2.75 bits per heavy atom. The van der Waals surface area contributed by atoms with Gasteiger partial charge in [-0.05, 0) is 18.2 Å². The molecule has 1 aromatic rings. The summed E-state index contributed by atoms with van der Waals surface area (Å²) in [5, 5.41) is 3.08. The number of carbonyl (C=O) groups excluding carboxylic acids is 2. The van der Waals surface area contributed by atoms with E-state index in [0.29, 0.717) is 16.3 Å². The molecular formula is C10H9BrClNO3. The van der Waals surface area contributed by atoms with E-state index in [4.69, 9.17) is 11.6 Å². The molecule has 0 aromatic heterocycles. The quantitative estimate of drug-likeness (QED) is 0.689. The minimum atomic E-state index is -0.481. The Hall–Kier alpha value is -1.07. The molecule has 86 valence electrons. The van der Waals surface area contributed by atoms with Gasteiger partial charge in [-0.25, -0.2) is 4.79 Å². The highest BCUT2D eigenvalue weighted by Crippen LogP contribution is 2.23. The number of hydrogen-bond donors (Lipinski definition) is 1. The minimum Gasteiger partial charge on any atom is -0.465 e. The van der Waals surface area contributed by atoms with Crippen LogP contribution in [-0.2, 0) is 9.53 Å². The van der Waals surface area contributed by atoms with E-state index in [1.54, 1.807) is 0 Å². The van der Waals surface area contributed by atoms with Crippen LogP contribution in [0.2, 0.25) is 5.02 Å². The maximum absolute atomic E-state index is 11.2. The third kappa shape index (κ3) is 3.21. The first-order valence-corrected chi connectivity index (χ1v) is 5.82. The zero-order chi connectivity index (χ0) is 12.1. The zero-order valence-electron chi connectivity index (χ0n) is 8.42. The van der Waals surface area contributed by atoms with E-state index in [9.17, 15) is 9.59 Å². The lowest BCUT2D eigenvalue weighted by molar-refractivity contribution is -0.113. The molecule has 0 spiro atoms. The summed E-state index contributed by atoms with van der Waals surface area (Å²) >= 11 is 8.87. The highest BCUT2D eigenvalue weighted by atomic mass is 79.9. The van der Waals surface area contributed by atoms with Crippen molar-refractivity contribution < 1.29 is 14.3 Å². The predicted octanol–water partition coefficient (Wildman–Crippen LogP) is 2.46. The van der Waals surface area contributed by atoms with Crippen molar-refractivity contribution in [1.82, 2.24) is 0 Å². The fraction of sp³-hybridized carbons (Fsp3) is 0.200. The maximum Gasteiger partial charge on any atom is 0.337 e. The lowest BCUT2D eigenvalue weighted by Crippen LogP contribution is -2.13. The van der Waals surface area contributed by atoms with Gasteiger partial charge in [0.1, 0.15) is 0 Å². The number of ether oxygens (including phenoxy) is 1. The van der Waals surface area contributed by atoms with Crippen molar-refractivity contribution in [1.29, 1.82) is 0 Å². The number of benzene rings is 1. The number of nitrogens with one attached hydrogen (secondary N) is 1. The Balaban J connectivity index is 2.99. The van der Waals surface area contributed by atoms with Gasteiger partial charge in [0.15, 0.2) is 0 Å². The second kappa shape index (κ2) is 5.86. The number of amides is 1. The molecule has 0 atom stereocenters. The number of alkyl halides is 1. The summed E-state index contributed by atoms with van der Waals surface area (Å²) in [6.45, 7) is 0. The summed E-state index contributed by atoms with van der Waals surface area (Å²) in [7, 11) is 1.29. The van der Waals surface area contributed by atoms with Crippen molar-refractivity contribution in [3.63, 3.8) is 0 Å². The fourth-order valence-electron chi connectivity index (χ4n) is 1.05. The molecule has 0 saturated heterocycles. The maximum atomic E-state index is 11.2. The highest BCUT2D eigenvalue weighted by molar-refractivity contribution is 9.09. The second-order valence-electron chi connectivity index (χ2n) is 2.87. The van der Waals surface area contributed by atoms with Gasteiger partial charge in [-0.1, -0.05) is 27.5 Å². The number of halogens is 2. The molecular weight excluding hydrogens is 297 g/mol. The molecule has 0 aliphatic carbocycles. The SMILES string of the molecule is COC(=O)c1ccc(Cl)c(NC(=O)CBr)c1. The molecule has 0 heterocycles. The second-order valence-corrected chi connectivity index (χ2v) is 3.84. The molecule has 6 heteroatoms. The van der Waals surface area contributed by atoms with Gasteiger partial charge in [-0.3, -0.25) is 4.79 Å². The summed E-state index contributed by atoms with van der Waals surface area (Å²) in [5.41, 5.74) is 0.714. The van der Waals surface area contributed by atoms with Crippen LogP contribution >= 0.6 is 27.5 Å². The average Bonchev–Trinajstić information content (AvgIpc) is 2.30. The molecule has 4 nitrogen and oxygen atoms in total. The largest absolute Gasteiger partial charge is 0.465 e. The molecule has 1 aromatic carbocycles. The lowest BCUT2D eigenvalue weighted by Gasteiger charge is -2.07. The summed E-state index contributed by atoms with van der Waals surface area (Å²) in [4.78, 5) is 22.4. The number of carbonyl (C=O) groups is 2. The predicted molar refractivity (Wildman–Crippen MR) is 65.2 cm³/mol. The lowest BCUT2D eigenvalue weighted by atomic mass is 10.2. The first-order valence-electron chi connectivity index (χ1n) is 4.32. The van der Waals surface area contributed by atoms with Gasteiger partial charge in [-0.2, -0.15) is 0 Å². The first kappa shape index (κ1) is 13.0. The van der Waals surface area contributed by atoms with Gasteiger partial charge < -0.3 is 10.1 Å². The average molecular weight is 307 g/mol. The van der Waals surface area contributed by atoms with Crippen molar-refractivity contribution in [3.05, 3.63) is 28.8 Å². The molecule has 0 aliphatic rings. The van der Waals surface area contributed by atoms with E-state index in [-0.39, 0.29) is 11.2 Å². The molecule has 0 fully saturated rings. The Kier molecular flexibility index (Phi) is 4.76. The smallest absolute Gasteiger partial charge is 0.337 e. The fourth-order valence-corrected chi connectivity index (χ4v) is 1.35. The summed E-state index contributed by atoms with van der Waals surface area (Å²) in [6.07, 6.45) is 0. The number of esters is 1. The topological polar surface area (TPSA) is 55.4 Å². The molecule has 1 rings (SSSR count). The number of anilines is 1. The van der Waals surface area contributed by atoms with Crippen LogP contribution in [0.3, 0.4) is 0 Å². The van der Waals surface area contributed by atoms with Crippen LogP contribution in [-0.4, -0.2) is 24.3 Å². The third-order valence-electron chi connectivity index (χ3n) is 1.78. The molecule has 1 amide bonds. The summed E-state index contributed by atoms with van der Waals surface area (Å²) in [6, 6.07) is 4.52. The molecule has 0 unspecified atom stereocenters. The minimum absolute atomic E-state index is 0.159. The van der Waals surface area contributed by atoms with E-state index in [2.05, 4.69) is 26.0 Å². The number of methoxy groups -OCH3 is 1. The molecule has 0 saturated carbocycles. The Labute approximate surface area is 106 Å². The van der Waals surface area contributed by atoms with Gasteiger partial charge in [0.05, 0.1) is 28.7 Å². The van der Waals surface area contributed by atoms with Gasteiger partial charge in [0.2, 0.25) is 5.91 Å². The Morgan fingerprint density at radius 2 is 2.19 bits per heavy atom. The van der Waals surface area contributed by atoms with Crippen molar-refractivity contribution in [2.45, 2.75) is 0 Å². The zero-order valence-corrected chi connectivity index (χ0v) is 10.8. The molecule has 16 heavy (non-hydrogen) atoms. The van der Waals surface area contributed by atoms with Crippen molar-refractivity contribution in [2.75, 3.05) is 17.8 Å². The van der Waals surface area contributed by atoms with Crippen molar-refractivity contribution in [2.24, 2.45) is 0 Å². The normalized spacial score (nSPS) is 9.69. The van der Waals surface area contributed by atoms with Crippen LogP contribution < -0.4 is 5.32 Å². The van der Waals surface area contributed by atoms with Crippen LogP contribution in [0.15, 0.2) is 18.2 Å². The van der Waals surface area contributed by atoms with Crippen molar-refractivity contribution >= 4 is 45.1 Å².